The SMILES string of the molecule is F[B-](F)(F)c1cccc(-c2noc(C(F)(F)F)n2)c1. The zero-order valence-corrected chi connectivity index (χ0v) is 8.96. The third kappa shape index (κ3) is 2.88. The molecule has 19 heavy (non-hydrogen) atoms. The van der Waals surface area contributed by atoms with E-state index in [0.29, 0.717) is 6.07 Å². The molecule has 0 aliphatic heterocycles. The van der Waals surface area contributed by atoms with Crippen LogP contribution in [0, 0.1) is 0 Å². The highest BCUT2D eigenvalue weighted by atomic mass is 19.4. The van der Waals surface area contributed by atoms with Crippen LogP contribution in [0.3, 0.4) is 0 Å². The van der Waals surface area contributed by atoms with Crippen molar-refractivity contribution in [2.24, 2.45) is 0 Å². The second kappa shape index (κ2) is 4.28. The zero-order chi connectivity index (χ0) is 14.3. The molecule has 0 spiro atoms. The number of hydrogen-bond donors (Lipinski definition) is 0. The average molecular weight is 281 g/mol. The lowest BCUT2D eigenvalue weighted by molar-refractivity contribution is -0.159. The first-order chi connectivity index (χ1) is 8.68. The van der Waals surface area contributed by atoms with E-state index < -0.39 is 30.3 Å². The minimum Gasteiger partial charge on any atom is -0.445 e. The van der Waals surface area contributed by atoms with Crippen molar-refractivity contribution in [1.82, 2.24) is 10.1 Å². The first-order valence-corrected chi connectivity index (χ1v) is 4.89. The Morgan fingerprint density at radius 3 is 2.32 bits per heavy atom. The Morgan fingerprint density at radius 2 is 1.79 bits per heavy atom. The molecule has 0 fully saturated rings. The van der Waals surface area contributed by atoms with Gasteiger partial charge in [0, 0.05) is 5.56 Å². The second-order valence-electron chi connectivity index (χ2n) is 3.62. The lowest BCUT2D eigenvalue weighted by Gasteiger charge is -2.14. The van der Waals surface area contributed by atoms with Gasteiger partial charge >= 0.3 is 19.0 Å². The van der Waals surface area contributed by atoms with Gasteiger partial charge in [-0.25, -0.2) is 0 Å². The summed E-state index contributed by atoms with van der Waals surface area (Å²) in [5.74, 6) is -2.15. The van der Waals surface area contributed by atoms with Crippen LogP contribution in [0.5, 0.6) is 0 Å². The summed E-state index contributed by atoms with van der Waals surface area (Å²) < 4.78 is 78.1. The number of hydrogen-bond acceptors (Lipinski definition) is 3. The van der Waals surface area contributed by atoms with Crippen molar-refractivity contribution in [1.29, 1.82) is 0 Å². The maximum atomic E-state index is 12.5. The van der Waals surface area contributed by atoms with E-state index in [4.69, 9.17) is 0 Å². The fraction of sp³-hybridized carbons (Fsp3) is 0.111. The van der Waals surface area contributed by atoms with E-state index >= 15 is 0 Å². The Hall–Kier alpha value is -2.00. The van der Waals surface area contributed by atoms with Crippen LogP contribution >= 0.6 is 0 Å². The number of rotatable bonds is 2. The maximum Gasteiger partial charge on any atom is 0.509 e. The van der Waals surface area contributed by atoms with Gasteiger partial charge in [-0.05, 0) is 0 Å². The van der Waals surface area contributed by atoms with Crippen molar-refractivity contribution in [3.8, 4) is 11.4 Å². The molecule has 0 N–H and O–H groups in total. The quantitative estimate of drug-likeness (QED) is 0.627. The fourth-order valence-electron chi connectivity index (χ4n) is 1.34. The van der Waals surface area contributed by atoms with Gasteiger partial charge in [-0.1, -0.05) is 29.4 Å². The molecule has 0 aliphatic rings. The third-order valence-corrected chi connectivity index (χ3v) is 2.19. The lowest BCUT2D eigenvalue weighted by atomic mass is 9.79. The minimum absolute atomic E-state index is 0.198. The summed E-state index contributed by atoms with van der Waals surface area (Å²) in [5, 5.41) is 3.01. The molecule has 0 saturated carbocycles. The van der Waals surface area contributed by atoms with Crippen molar-refractivity contribution in [3.63, 3.8) is 0 Å². The van der Waals surface area contributed by atoms with Crippen LogP contribution in [-0.4, -0.2) is 17.1 Å². The highest BCUT2D eigenvalue weighted by Crippen LogP contribution is 2.29. The molecule has 0 atom stereocenters. The maximum absolute atomic E-state index is 12.5. The van der Waals surface area contributed by atoms with E-state index in [0.717, 1.165) is 18.2 Å². The molecular formula is C9H4BF6N2O-. The molecule has 0 amide bonds. The number of nitrogens with zero attached hydrogens (tertiary/aromatic N) is 2. The summed E-state index contributed by atoms with van der Waals surface area (Å²) in [4.78, 5) is 3.01. The number of halogens is 6. The summed E-state index contributed by atoms with van der Waals surface area (Å²) in [6.07, 6.45) is -4.84. The normalized spacial score (nSPS) is 12.7. The molecule has 1 heterocycles. The predicted octanol–water partition coefficient (Wildman–Crippen LogP) is 2.81. The zero-order valence-electron chi connectivity index (χ0n) is 8.96. The first kappa shape index (κ1) is 13.4. The van der Waals surface area contributed by atoms with Crippen LogP contribution in [0.4, 0.5) is 26.1 Å². The molecule has 0 radical (unpaired) electrons. The van der Waals surface area contributed by atoms with Crippen LogP contribution < -0.4 is 5.46 Å². The molecule has 1 aromatic carbocycles. The monoisotopic (exact) mass is 281 g/mol. The molecular weight excluding hydrogens is 277 g/mol. The van der Waals surface area contributed by atoms with E-state index in [1.165, 1.54) is 0 Å². The van der Waals surface area contributed by atoms with Gasteiger partial charge in [0.05, 0.1) is 0 Å². The fourth-order valence-corrected chi connectivity index (χ4v) is 1.34. The smallest absolute Gasteiger partial charge is 0.445 e. The molecule has 102 valence electrons. The van der Waals surface area contributed by atoms with Gasteiger partial charge in [0.25, 0.3) is 0 Å². The first-order valence-electron chi connectivity index (χ1n) is 4.89. The molecule has 1 aromatic heterocycles. The number of aromatic nitrogens is 2. The van der Waals surface area contributed by atoms with Crippen LogP contribution in [0.15, 0.2) is 28.8 Å². The third-order valence-electron chi connectivity index (χ3n) is 2.19. The van der Waals surface area contributed by atoms with Gasteiger partial charge in [-0.15, -0.1) is 5.46 Å². The van der Waals surface area contributed by atoms with E-state index in [-0.39, 0.29) is 5.56 Å². The summed E-state index contributed by atoms with van der Waals surface area (Å²) in [6.45, 7) is -5.25. The predicted molar refractivity (Wildman–Crippen MR) is 53.4 cm³/mol. The van der Waals surface area contributed by atoms with Crippen LogP contribution in [0.2, 0.25) is 0 Å². The number of alkyl halides is 3. The molecule has 2 rings (SSSR count). The van der Waals surface area contributed by atoms with Crippen molar-refractivity contribution in [2.75, 3.05) is 0 Å². The highest BCUT2D eigenvalue weighted by molar-refractivity contribution is 6.73. The largest absolute Gasteiger partial charge is 0.509 e. The molecule has 0 aliphatic carbocycles. The second-order valence-corrected chi connectivity index (χ2v) is 3.62. The van der Waals surface area contributed by atoms with Crippen LogP contribution in [-0.2, 0) is 6.18 Å². The van der Waals surface area contributed by atoms with Crippen molar-refractivity contribution in [3.05, 3.63) is 30.2 Å². The van der Waals surface area contributed by atoms with Gasteiger partial charge in [0.2, 0.25) is 5.82 Å². The van der Waals surface area contributed by atoms with Crippen molar-refractivity contribution in [2.45, 2.75) is 6.18 Å². The Morgan fingerprint density at radius 1 is 1.11 bits per heavy atom. The summed E-state index contributed by atoms with van der Waals surface area (Å²) >= 11 is 0. The molecule has 3 nitrogen and oxygen atoms in total. The molecule has 0 saturated heterocycles. The average Bonchev–Trinajstić information content (AvgIpc) is 2.77. The topological polar surface area (TPSA) is 38.9 Å². The summed E-state index contributed by atoms with van der Waals surface area (Å²) in [6, 6.07) is 3.71. The van der Waals surface area contributed by atoms with Gasteiger partial charge in [-0.3, -0.25) is 0 Å². The van der Waals surface area contributed by atoms with E-state index in [1.807, 2.05) is 0 Å². The standard InChI is InChI=1S/C9H4BF6N2O/c11-9(12,13)8-17-7(18-19-8)5-2-1-3-6(4-5)10(14,15)16/h1-4H/q-1. The number of benzene rings is 1. The van der Waals surface area contributed by atoms with Crippen LogP contribution in [0.25, 0.3) is 11.4 Å². The summed E-state index contributed by atoms with van der Waals surface area (Å²) in [5.41, 5.74) is -1.15. The Bertz CT molecular complexity index is 591. The molecule has 10 heteroatoms. The molecule has 0 bridgehead atoms. The van der Waals surface area contributed by atoms with Gasteiger partial charge in [0.1, 0.15) is 0 Å². The van der Waals surface area contributed by atoms with Crippen LogP contribution in [0.1, 0.15) is 5.89 Å². The van der Waals surface area contributed by atoms with Crippen molar-refractivity contribution >= 4 is 12.4 Å². The van der Waals surface area contributed by atoms with Gasteiger partial charge < -0.3 is 17.5 Å². The van der Waals surface area contributed by atoms with E-state index in [1.54, 1.807) is 0 Å². The van der Waals surface area contributed by atoms with Crippen molar-refractivity contribution < 1.29 is 30.6 Å². The lowest BCUT2D eigenvalue weighted by Crippen LogP contribution is -2.33. The van der Waals surface area contributed by atoms with E-state index in [2.05, 4.69) is 14.7 Å². The minimum atomic E-state index is -5.25. The summed E-state index contributed by atoms with van der Waals surface area (Å²) in [7, 11) is 0. The van der Waals surface area contributed by atoms with E-state index in [9.17, 15) is 26.1 Å². The Labute approximate surface area is 102 Å². The molecule has 0 unspecified atom stereocenters. The highest BCUT2D eigenvalue weighted by Gasteiger charge is 2.38. The Balaban J connectivity index is 2.40. The van der Waals surface area contributed by atoms with Gasteiger partial charge in [-0.2, -0.15) is 18.2 Å². The van der Waals surface area contributed by atoms with Gasteiger partial charge in [0.15, 0.2) is 0 Å². The molecule has 2 aromatic rings. The Kier molecular flexibility index (Phi) is 3.03.